The maximum Gasteiger partial charge on any atom is 0.335 e. The Bertz CT molecular complexity index is 1050. The SMILES string of the molecule is COC(=O)[C@H]1C[C@H](O)[C@@H](COC(c2ccccc2)(c2ccc(OC)cc2)c2ccc(OC)cc2)O1. The second kappa shape index (κ2) is 10.9. The Hall–Kier alpha value is -3.39. The largest absolute Gasteiger partial charge is 0.497 e. The molecule has 0 unspecified atom stereocenters. The number of carbonyl (C=O) groups excluding carboxylic acids is 1. The molecule has 0 amide bonds. The van der Waals surface area contributed by atoms with Gasteiger partial charge in [-0.25, -0.2) is 4.79 Å². The van der Waals surface area contributed by atoms with E-state index in [4.69, 9.17) is 23.7 Å². The van der Waals surface area contributed by atoms with E-state index in [1.54, 1.807) is 14.2 Å². The molecule has 1 fully saturated rings. The fraction of sp³-hybridized carbons (Fsp3) is 0.321. The lowest BCUT2D eigenvalue weighted by molar-refractivity contribution is -0.155. The summed E-state index contributed by atoms with van der Waals surface area (Å²) in [5.74, 6) is 0.938. The molecule has 184 valence electrons. The molecule has 4 rings (SSSR count). The van der Waals surface area contributed by atoms with Crippen molar-refractivity contribution in [2.45, 2.75) is 30.3 Å². The van der Waals surface area contributed by atoms with Gasteiger partial charge in [-0.05, 0) is 41.0 Å². The second-order valence-electron chi connectivity index (χ2n) is 8.30. The van der Waals surface area contributed by atoms with Crippen LogP contribution in [0.3, 0.4) is 0 Å². The summed E-state index contributed by atoms with van der Waals surface area (Å²) in [4.78, 5) is 12.0. The van der Waals surface area contributed by atoms with E-state index in [2.05, 4.69) is 0 Å². The summed E-state index contributed by atoms with van der Waals surface area (Å²) in [6, 6.07) is 25.2. The smallest absolute Gasteiger partial charge is 0.335 e. The zero-order valence-corrected chi connectivity index (χ0v) is 20.0. The van der Waals surface area contributed by atoms with Crippen molar-refractivity contribution in [3.8, 4) is 11.5 Å². The Morgan fingerprint density at radius 1 is 0.857 bits per heavy atom. The molecule has 1 N–H and O–H groups in total. The molecule has 0 bridgehead atoms. The Labute approximate surface area is 205 Å². The predicted octanol–water partition coefficient (Wildman–Crippen LogP) is 3.70. The van der Waals surface area contributed by atoms with Crippen molar-refractivity contribution in [2.24, 2.45) is 0 Å². The molecule has 1 aliphatic rings. The number of benzene rings is 3. The first-order chi connectivity index (χ1) is 17.0. The maximum atomic E-state index is 12.0. The standard InChI is InChI=1S/C28H30O7/c1-31-22-13-9-20(10-14-22)28(19-7-5-4-6-8-19,21-11-15-23(32-2)16-12-21)34-18-26-24(29)17-25(35-26)27(30)33-3/h4-16,24-26,29H,17-18H2,1-3H3/t24-,25+,26+/m0/s1. The first-order valence-corrected chi connectivity index (χ1v) is 11.4. The molecule has 35 heavy (non-hydrogen) atoms. The molecule has 0 spiro atoms. The quantitative estimate of drug-likeness (QED) is 0.371. The van der Waals surface area contributed by atoms with Gasteiger partial charge in [-0.1, -0.05) is 54.6 Å². The number of hydrogen-bond acceptors (Lipinski definition) is 7. The van der Waals surface area contributed by atoms with Gasteiger partial charge in [0.1, 0.15) is 23.2 Å². The van der Waals surface area contributed by atoms with Crippen LogP contribution in [0, 0.1) is 0 Å². The Kier molecular flexibility index (Phi) is 7.70. The van der Waals surface area contributed by atoms with Gasteiger partial charge >= 0.3 is 5.97 Å². The fourth-order valence-corrected chi connectivity index (χ4v) is 4.44. The number of ether oxygens (including phenoxy) is 5. The lowest BCUT2D eigenvalue weighted by Gasteiger charge is -2.37. The van der Waals surface area contributed by atoms with Gasteiger partial charge in [0.2, 0.25) is 0 Å². The second-order valence-corrected chi connectivity index (χ2v) is 8.30. The molecule has 3 atom stereocenters. The third kappa shape index (κ3) is 5.03. The highest BCUT2D eigenvalue weighted by Crippen LogP contribution is 2.42. The monoisotopic (exact) mass is 478 g/mol. The Morgan fingerprint density at radius 3 is 1.86 bits per heavy atom. The number of aliphatic hydroxyl groups is 1. The molecule has 7 nitrogen and oxygen atoms in total. The van der Waals surface area contributed by atoms with Crippen molar-refractivity contribution in [3.63, 3.8) is 0 Å². The molecule has 0 aliphatic carbocycles. The van der Waals surface area contributed by atoms with Gasteiger partial charge in [-0.15, -0.1) is 0 Å². The van der Waals surface area contributed by atoms with Gasteiger partial charge in [0.15, 0.2) is 6.10 Å². The van der Waals surface area contributed by atoms with E-state index in [-0.39, 0.29) is 13.0 Å². The van der Waals surface area contributed by atoms with E-state index >= 15 is 0 Å². The average molecular weight is 479 g/mol. The number of rotatable bonds is 9. The van der Waals surface area contributed by atoms with Gasteiger partial charge in [-0.2, -0.15) is 0 Å². The van der Waals surface area contributed by atoms with Crippen molar-refractivity contribution in [1.29, 1.82) is 0 Å². The first kappa shape index (κ1) is 24.7. The van der Waals surface area contributed by atoms with Crippen molar-refractivity contribution in [2.75, 3.05) is 27.9 Å². The fourth-order valence-electron chi connectivity index (χ4n) is 4.44. The molecule has 7 heteroatoms. The molecule has 3 aromatic rings. The van der Waals surface area contributed by atoms with E-state index < -0.39 is 29.9 Å². The zero-order chi connectivity index (χ0) is 24.8. The normalized spacial score (nSPS) is 19.8. The number of esters is 1. The van der Waals surface area contributed by atoms with Crippen LogP contribution in [-0.4, -0.2) is 57.3 Å². The summed E-state index contributed by atoms with van der Waals surface area (Å²) in [5.41, 5.74) is 1.59. The topological polar surface area (TPSA) is 83.5 Å². The molecule has 0 saturated carbocycles. The van der Waals surface area contributed by atoms with E-state index in [1.165, 1.54) is 7.11 Å². The van der Waals surface area contributed by atoms with Crippen LogP contribution < -0.4 is 9.47 Å². The molecule has 1 heterocycles. The molecular formula is C28H30O7. The minimum Gasteiger partial charge on any atom is -0.497 e. The third-order valence-electron chi connectivity index (χ3n) is 6.33. The van der Waals surface area contributed by atoms with E-state index in [0.29, 0.717) is 0 Å². The van der Waals surface area contributed by atoms with Crippen LogP contribution in [0.15, 0.2) is 78.9 Å². The molecule has 1 aliphatic heterocycles. The van der Waals surface area contributed by atoms with Gasteiger partial charge in [0.05, 0.1) is 34.0 Å². The van der Waals surface area contributed by atoms with Crippen molar-refractivity contribution in [3.05, 3.63) is 95.6 Å². The predicted molar refractivity (Wildman–Crippen MR) is 130 cm³/mol. The average Bonchev–Trinajstić information content (AvgIpc) is 3.30. The molecule has 3 aromatic carbocycles. The van der Waals surface area contributed by atoms with Gasteiger partial charge in [0, 0.05) is 6.42 Å². The van der Waals surface area contributed by atoms with Crippen molar-refractivity contribution < 1.29 is 33.6 Å². The van der Waals surface area contributed by atoms with E-state index in [9.17, 15) is 9.90 Å². The number of aliphatic hydroxyl groups excluding tert-OH is 1. The van der Waals surface area contributed by atoms with Crippen molar-refractivity contribution in [1.82, 2.24) is 0 Å². The van der Waals surface area contributed by atoms with Crippen LogP contribution in [0.2, 0.25) is 0 Å². The number of carbonyl (C=O) groups is 1. The van der Waals surface area contributed by atoms with Gasteiger partial charge in [0.25, 0.3) is 0 Å². The lowest BCUT2D eigenvalue weighted by Crippen LogP contribution is -2.38. The van der Waals surface area contributed by atoms with Crippen LogP contribution >= 0.6 is 0 Å². The van der Waals surface area contributed by atoms with E-state index in [0.717, 1.165) is 28.2 Å². The summed E-state index contributed by atoms with van der Waals surface area (Å²) in [6.45, 7) is 0.0433. The lowest BCUT2D eigenvalue weighted by atomic mass is 9.80. The highest BCUT2D eigenvalue weighted by Gasteiger charge is 2.43. The molecule has 1 saturated heterocycles. The highest BCUT2D eigenvalue weighted by atomic mass is 16.6. The molecule has 0 aromatic heterocycles. The van der Waals surface area contributed by atoms with Gasteiger partial charge in [-0.3, -0.25) is 0 Å². The summed E-state index contributed by atoms with van der Waals surface area (Å²) >= 11 is 0. The van der Waals surface area contributed by atoms with Crippen LogP contribution in [0.1, 0.15) is 23.1 Å². The molecular weight excluding hydrogens is 448 g/mol. The first-order valence-electron chi connectivity index (χ1n) is 11.4. The van der Waals surface area contributed by atoms with Crippen LogP contribution in [-0.2, 0) is 24.6 Å². The molecule has 0 radical (unpaired) electrons. The number of methoxy groups -OCH3 is 3. The summed E-state index contributed by atoms with van der Waals surface area (Å²) in [7, 11) is 4.54. The minimum absolute atomic E-state index is 0.0433. The van der Waals surface area contributed by atoms with Crippen LogP contribution in [0.5, 0.6) is 11.5 Å². The summed E-state index contributed by atoms with van der Waals surface area (Å²) < 4.78 is 28.1. The summed E-state index contributed by atoms with van der Waals surface area (Å²) in [6.07, 6.45) is -2.22. The van der Waals surface area contributed by atoms with Crippen LogP contribution in [0.25, 0.3) is 0 Å². The maximum absolute atomic E-state index is 12.0. The zero-order valence-electron chi connectivity index (χ0n) is 20.0. The van der Waals surface area contributed by atoms with E-state index in [1.807, 2.05) is 78.9 Å². The number of hydrogen-bond donors (Lipinski definition) is 1. The Balaban J connectivity index is 1.78. The summed E-state index contributed by atoms with van der Waals surface area (Å²) in [5, 5.41) is 10.6. The van der Waals surface area contributed by atoms with Crippen LogP contribution in [0.4, 0.5) is 0 Å². The van der Waals surface area contributed by atoms with Gasteiger partial charge < -0.3 is 28.8 Å². The third-order valence-corrected chi connectivity index (χ3v) is 6.33. The minimum atomic E-state index is -1.04. The van der Waals surface area contributed by atoms with Crippen molar-refractivity contribution >= 4 is 5.97 Å². The Morgan fingerprint density at radius 2 is 1.37 bits per heavy atom. The highest BCUT2D eigenvalue weighted by molar-refractivity contribution is 5.75.